The molecule has 0 amide bonds. The van der Waals surface area contributed by atoms with E-state index in [2.05, 4.69) is 0 Å². The highest BCUT2D eigenvalue weighted by molar-refractivity contribution is 5.32. The summed E-state index contributed by atoms with van der Waals surface area (Å²) >= 11 is 0. The van der Waals surface area contributed by atoms with Crippen molar-refractivity contribution < 1.29 is 9.13 Å². The van der Waals surface area contributed by atoms with Crippen LogP contribution in [0.4, 0.5) is 4.39 Å². The minimum Gasteiger partial charge on any atom is -0.497 e. The molecule has 2 nitrogen and oxygen atoms in total. The lowest BCUT2D eigenvalue weighted by molar-refractivity contribution is 0.108. The molecular formula is C12H16FNO. The standard InChI is InChI=1S/C12H16FNO/c1-15-10-5-2-4-9(8-10)11(13)12(14)6-3-7-12/h2,4-5,8,11H,3,6-7,14H2,1H3. The summed E-state index contributed by atoms with van der Waals surface area (Å²) in [6.07, 6.45) is 1.49. The van der Waals surface area contributed by atoms with Gasteiger partial charge in [0.05, 0.1) is 12.6 Å². The van der Waals surface area contributed by atoms with Gasteiger partial charge in [0.15, 0.2) is 0 Å². The number of rotatable bonds is 3. The minimum absolute atomic E-state index is 0.622. The largest absolute Gasteiger partial charge is 0.497 e. The molecule has 1 atom stereocenters. The van der Waals surface area contributed by atoms with Gasteiger partial charge in [-0.05, 0) is 37.0 Å². The number of halogens is 1. The summed E-state index contributed by atoms with van der Waals surface area (Å²) in [5.74, 6) is 0.679. The number of nitrogens with two attached hydrogens (primary N) is 1. The molecule has 0 aliphatic heterocycles. The molecule has 2 N–H and O–H groups in total. The summed E-state index contributed by atoms with van der Waals surface area (Å²) in [6, 6.07) is 7.08. The van der Waals surface area contributed by atoms with Crippen LogP contribution in [0.15, 0.2) is 24.3 Å². The van der Waals surface area contributed by atoms with Crippen molar-refractivity contribution in [1.82, 2.24) is 0 Å². The molecule has 2 rings (SSSR count). The third kappa shape index (κ3) is 1.84. The summed E-state index contributed by atoms with van der Waals surface area (Å²) in [5.41, 5.74) is 5.93. The van der Waals surface area contributed by atoms with E-state index in [1.165, 1.54) is 0 Å². The monoisotopic (exact) mass is 209 g/mol. The van der Waals surface area contributed by atoms with Gasteiger partial charge in [0, 0.05) is 0 Å². The van der Waals surface area contributed by atoms with Crippen LogP contribution in [0.3, 0.4) is 0 Å². The molecule has 1 unspecified atom stereocenters. The van der Waals surface area contributed by atoms with E-state index in [1.807, 2.05) is 0 Å². The minimum atomic E-state index is -1.08. The lowest BCUT2D eigenvalue weighted by Crippen LogP contribution is -2.50. The molecule has 15 heavy (non-hydrogen) atoms. The summed E-state index contributed by atoms with van der Waals surface area (Å²) in [6.45, 7) is 0. The van der Waals surface area contributed by atoms with Crippen molar-refractivity contribution in [2.45, 2.75) is 31.0 Å². The van der Waals surface area contributed by atoms with Gasteiger partial charge in [0.2, 0.25) is 0 Å². The Hall–Kier alpha value is -1.09. The van der Waals surface area contributed by atoms with Gasteiger partial charge < -0.3 is 10.5 Å². The van der Waals surface area contributed by atoms with E-state index in [4.69, 9.17) is 10.5 Å². The van der Waals surface area contributed by atoms with Crippen molar-refractivity contribution in [2.24, 2.45) is 5.73 Å². The number of hydrogen-bond acceptors (Lipinski definition) is 2. The fraction of sp³-hybridized carbons (Fsp3) is 0.500. The first-order chi connectivity index (χ1) is 7.15. The predicted octanol–water partition coefficient (Wildman–Crippen LogP) is 2.59. The second kappa shape index (κ2) is 3.81. The molecule has 1 aromatic carbocycles. The highest BCUT2D eigenvalue weighted by Crippen LogP contribution is 2.42. The van der Waals surface area contributed by atoms with E-state index in [0.717, 1.165) is 19.3 Å². The third-order valence-corrected chi connectivity index (χ3v) is 3.18. The van der Waals surface area contributed by atoms with Gasteiger partial charge in [0.25, 0.3) is 0 Å². The fourth-order valence-electron chi connectivity index (χ4n) is 1.97. The lowest BCUT2D eigenvalue weighted by Gasteiger charge is -2.40. The number of ether oxygens (including phenoxy) is 1. The van der Waals surface area contributed by atoms with Crippen molar-refractivity contribution >= 4 is 0 Å². The molecule has 1 aliphatic rings. The van der Waals surface area contributed by atoms with Crippen LogP contribution in [-0.2, 0) is 0 Å². The van der Waals surface area contributed by atoms with E-state index >= 15 is 0 Å². The van der Waals surface area contributed by atoms with Crippen LogP contribution < -0.4 is 10.5 Å². The number of methoxy groups -OCH3 is 1. The molecule has 0 saturated heterocycles. The Morgan fingerprint density at radius 3 is 2.73 bits per heavy atom. The molecule has 82 valence electrons. The molecule has 3 heteroatoms. The first-order valence-corrected chi connectivity index (χ1v) is 5.23. The van der Waals surface area contributed by atoms with E-state index in [-0.39, 0.29) is 0 Å². The first kappa shape index (κ1) is 10.4. The fourth-order valence-corrected chi connectivity index (χ4v) is 1.97. The van der Waals surface area contributed by atoms with Crippen molar-refractivity contribution in [3.05, 3.63) is 29.8 Å². The first-order valence-electron chi connectivity index (χ1n) is 5.23. The molecule has 1 saturated carbocycles. The molecule has 0 heterocycles. The van der Waals surface area contributed by atoms with Crippen LogP contribution in [0.5, 0.6) is 5.75 Å². The third-order valence-electron chi connectivity index (χ3n) is 3.18. The zero-order valence-corrected chi connectivity index (χ0v) is 8.87. The Morgan fingerprint density at radius 2 is 2.20 bits per heavy atom. The van der Waals surface area contributed by atoms with Crippen LogP contribution in [0, 0.1) is 0 Å². The number of benzene rings is 1. The Bertz CT molecular complexity index is 349. The van der Waals surface area contributed by atoms with Crippen LogP contribution in [0.25, 0.3) is 0 Å². The second-order valence-corrected chi connectivity index (χ2v) is 4.23. The highest BCUT2D eigenvalue weighted by Gasteiger charge is 2.41. The van der Waals surface area contributed by atoms with E-state index in [1.54, 1.807) is 31.4 Å². The molecular weight excluding hydrogens is 193 g/mol. The zero-order valence-electron chi connectivity index (χ0n) is 8.87. The van der Waals surface area contributed by atoms with Crippen LogP contribution in [0.1, 0.15) is 31.0 Å². The maximum atomic E-state index is 14.1. The summed E-state index contributed by atoms with van der Waals surface area (Å²) < 4.78 is 19.2. The second-order valence-electron chi connectivity index (χ2n) is 4.23. The Balaban J connectivity index is 2.21. The van der Waals surface area contributed by atoms with E-state index in [0.29, 0.717) is 11.3 Å². The highest BCUT2D eigenvalue weighted by atomic mass is 19.1. The normalized spacial score (nSPS) is 20.5. The maximum absolute atomic E-state index is 14.1. The molecule has 1 aliphatic carbocycles. The van der Waals surface area contributed by atoms with Crippen molar-refractivity contribution in [1.29, 1.82) is 0 Å². The van der Waals surface area contributed by atoms with Crippen LogP contribution >= 0.6 is 0 Å². The molecule has 0 spiro atoms. The van der Waals surface area contributed by atoms with Crippen LogP contribution in [-0.4, -0.2) is 12.6 Å². The van der Waals surface area contributed by atoms with Gasteiger partial charge in [-0.15, -0.1) is 0 Å². The SMILES string of the molecule is COc1cccc(C(F)C2(N)CCC2)c1. The van der Waals surface area contributed by atoms with Gasteiger partial charge in [-0.2, -0.15) is 0 Å². The average molecular weight is 209 g/mol. The Labute approximate surface area is 89.2 Å². The molecule has 1 aromatic rings. The van der Waals surface area contributed by atoms with E-state index < -0.39 is 11.7 Å². The number of hydrogen-bond donors (Lipinski definition) is 1. The quantitative estimate of drug-likeness (QED) is 0.830. The summed E-state index contributed by atoms with van der Waals surface area (Å²) in [7, 11) is 1.58. The van der Waals surface area contributed by atoms with Gasteiger partial charge >= 0.3 is 0 Å². The Morgan fingerprint density at radius 1 is 1.47 bits per heavy atom. The van der Waals surface area contributed by atoms with Crippen LogP contribution in [0.2, 0.25) is 0 Å². The van der Waals surface area contributed by atoms with Gasteiger partial charge in [0.1, 0.15) is 11.9 Å². The van der Waals surface area contributed by atoms with E-state index in [9.17, 15) is 4.39 Å². The van der Waals surface area contributed by atoms with Gasteiger partial charge in [-0.1, -0.05) is 12.1 Å². The molecule has 0 aromatic heterocycles. The topological polar surface area (TPSA) is 35.2 Å². The molecule has 0 bridgehead atoms. The average Bonchev–Trinajstić information content (AvgIpc) is 2.25. The van der Waals surface area contributed by atoms with Crippen molar-refractivity contribution in [2.75, 3.05) is 7.11 Å². The van der Waals surface area contributed by atoms with Gasteiger partial charge in [-0.3, -0.25) is 0 Å². The summed E-state index contributed by atoms with van der Waals surface area (Å²) in [4.78, 5) is 0. The lowest BCUT2D eigenvalue weighted by atomic mass is 9.72. The van der Waals surface area contributed by atoms with Gasteiger partial charge in [-0.25, -0.2) is 4.39 Å². The summed E-state index contributed by atoms with van der Waals surface area (Å²) in [5, 5.41) is 0. The Kier molecular flexibility index (Phi) is 2.65. The van der Waals surface area contributed by atoms with Crippen molar-refractivity contribution in [3.8, 4) is 5.75 Å². The maximum Gasteiger partial charge on any atom is 0.143 e. The molecule has 1 fully saturated rings. The smallest absolute Gasteiger partial charge is 0.143 e. The predicted molar refractivity (Wildman–Crippen MR) is 57.6 cm³/mol. The zero-order chi connectivity index (χ0) is 10.9. The number of alkyl halides is 1. The molecule has 0 radical (unpaired) electrons. The van der Waals surface area contributed by atoms with Crippen molar-refractivity contribution in [3.63, 3.8) is 0 Å².